The third-order valence-electron chi connectivity index (χ3n) is 4.69. The van der Waals surface area contributed by atoms with Crippen molar-refractivity contribution in [2.24, 2.45) is 5.92 Å². The van der Waals surface area contributed by atoms with Crippen LogP contribution >= 0.6 is 0 Å². The summed E-state index contributed by atoms with van der Waals surface area (Å²) in [5.74, 6) is 1.91. The van der Waals surface area contributed by atoms with Gasteiger partial charge in [0.1, 0.15) is 5.82 Å². The van der Waals surface area contributed by atoms with Crippen molar-refractivity contribution in [2.75, 3.05) is 4.90 Å². The van der Waals surface area contributed by atoms with Gasteiger partial charge >= 0.3 is 0 Å². The molecule has 2 fully saturated rings. The fraction of sp³-hybridized carbons (Fsp3) is 0.538. The molecular weight excluding hydrogens is 200 g/mol. The quantitative estimate of drug-likeness (QED) is 0.660. The van der Waals surface area contributed by atoms with E-state index in [1.165, 1.54) is 12.0 Å². The molecule has 3 nitrogen and oxygen atoms in total. The molecule has 1 saturated heterocycles. The lowest BCUT2D eigenvalue weighted by Crippen LogP contribution is -2.62. The largest absolute Gasteiger partial charge is 0.292 e. The lowest BCUT2D eigenvalue weighted by Gasteiger charge is -2.54. The highest BCUT2D eigenvalue weighted by molar-refractivity contribution is 5.97. The zero-order valence-corrected chi connectivity index (χ0v) is 9.31. The van der Waals surface area contributed by atoms with Gasteiger partial charge in [-0.05, 0) is 24.8 Å². The smallest absolute Gasteiger partial charge is 0.228 e. The van der Waals surface area contributed by atoms with Crippen LogP contribution in [0.5, 0.6) is 0 Å². The van der Waals surface area contributed by atoms with Gasteiger partial charge in [-0.25, -0.2) is 4.98 Å². The molecular formula is C13H14N2O. The van der Waals surface area contributed by atoms with Crippen LogP contribution in [0.1, 0.15) is 31.7 Å². The summed E-state index contributed by atoms with van der Waals surface area (Å²) in [6.07, 6.45) is 4.79. The van der Waals surface area contributed by atoms with Gasteiger partial charge in [0.25, 0.3) is 0 Å². The molecule has 3 aliphatic rings. The second kappa shape index (κ2) is 2.47. The Bertz CT molecular complexity index is 498. The van der Waals surface area contributed by atoms with E-state index in [1.54, 1.807) is 6.20 Å². The monoisotopic (exact) mass is 214 g/mol. The van der Waals surface area contributed by atoms with Gasteiger partial charge in [-0.1, -0.05) is 13.0 Å². The first-order valence-electron chi connectivity index (χ1n) is 5.99. The predicted octanol–water partition coefficient (Wildman–Crippen LogP) is 1.87. The average Bonchev–Trinajstić information content (AvgIpc) is 2.51. The molecule has 0 bridgehead atoms. The molecule has 1 saturated carbocycles. The van der Waals surface area contributed by atoms with Crippen LogP contribution in [0.25, 0.3) is 0 Å². The molecule has 82 valence electrons. The minimum atomic E-state index is 0.185. The summed E-state index contributed by atoms with van der Waals surface area (Å²) >= 11 is 0. The predicted molar refractivity (Wildman–Crippen MR) is 60.2 cm³/mol. The lowest BCUT2D eigenvalue weighted by molar-refractivity contribution is -0.123. The number of piperidine rings is 1. The lowest BCUT2D eigenvalue weighted by atomic mass is 9.55. The number of fused-ring (bicyclic) bond motifs is 3. The third kappa shape index (κ3) is 0.751. The number of carbonyl (C=O) groups is 1. The fourth-order valence-corrected chi connectivity index (χ4v) is 4.03. The Labute approximate surface area is 94.5 Å². The first-order chi connectivity index (χ1) is 7.72. The average molecular weight is 214 g/mol. The molecule has 3 heterocycles. The van der Waals surface area contributed by atoms with Crippen LogP contribution in [0, 0.1) is 5.92 Å². The van der Waals surface area contributed by atoms with E-state index in [0.29, 0.717) is 18.4 Å². The number of hydrogen-bond acceptors (Lipinski definition) is 2. The number of nitrogens with zero attached hydrogens (tertiary/aromatic N) is 2. The number of pyridine rings is 1. The van der Waals surface area contributed by atoms with Gasteiger partial charge in [0.15, 0.2) is 0 Å². The number of rotatable bonds is 0. The Morgan fingerprint density at radius 2 is 2.44 bits per heavy atom. The first kappa shape index (κ1) is 8.74. The van der Waals surface area contributed by atoms with Gasteiger partial charge in [-0.3, -0.25) is 9.69 Å². The van der Waals surface area contributed by atoms with E-state index in [1.807, 2.05) is 11.0 Å². The van der Waals surface area contributed by atoms with E-state index in [-0.39, 0.29) is 11.3 Å². The molecule has 16 heavy (non-hydrogen) atoms. The van der Waals surface area contributed by atoms with Gasteiger partial charge in [0.2, 0.25) is 5.91 Å². The van der Waals surface area contributed by atoms with Crippen LogP contribution in [0.15, 0.2) is 18.3 Å². The van der Waals surface area contributed by atoms with Crippen molar-refractivity contribution < 1.29 is 4.79 Å². The van der Waals surface area contributed by atoms with Crippen molar-refractivity contribution in [3.8, 4) is 0 Å². The molecule has 0 radical (unpaired) electrons. The number of anilines is 1. The highest BCUT2D eigenvalue weighted by Crippen LogP contribution is 2.60. The zero-order chi connectivity index (χ0) is 10.9. The third-order valence-corrected chi connectivity index (χ3v) is 4.69. The summed E-state index contributed by atoms with van der Waals surface area (Å²) in [6, 6.07) is 4.53. The molecule has 2 aliphatic heterocycles. The Balaban J connectivity index is 1.96. The van der Waals surface area contributed by atoms with E-state index >= 15 is 0 Å². The SMILES string of the molecule is C[C@]12CC3CCC(=O)N(c4ncccc41)[C@@H]32. The zero-order valence-electron chi connectivity index (χ0n) is 9.31. The topological polar surface area (TPSA) is 33.2 Å². The molecule has 0 aromatic carbocycles. The van der Waals surface area contributed by atoms with Gasteiger partial charge in [-0.2, -0.15) is 0 Å². The van der Waals surface area contributed by atoms with Crippen LogP contribution < -0.4 is 4.90 Å². The molecule has 1 unspecified atom stereocenters. The number of aromatic nitrogens is 1. The number of carbonyl (C=O) groups excluding carboxylic acids is 1. The summed E-state index contributed by atoms with van der Waals surface area (Å²) in [5.41, 5.74) is 1.47. The molecule has 0 N–H and O–H groups in total. The van der Waals surface area contributed by atoms with E-state index in [4.69, 9.17) is 0 Å². The highest BCUT2D eigenvalue weighted by atomic mass is 16.2. The van der Waals surface area contributed by atoms with Crippen molar-refractivity contribution in [1.82, 2.24) is 4.98 Å². The highest BCUT2D eigenvalue weighted by Gasteiger charge is 2.63. The van der Waals surface area contributed by atoms with Crippen LogP contribution in [-0.2, 0) is 10.2 Å². The van der Waals surface area contributed by atoms with Crippen LogP contribution in [0.3, 0.4) is 0 Å². The van der Waals surface area contributed by atoms with Crippen molar-refractivity contribution in [1.29, 1.82) is 0 Å². The summed E-state index contributed by atoms with van der Waals surface area (Å²) in [7, 11) is 0. The Morgan fingerprint density at radius 3 is 3.31 bits per heavy atom. The van der Waals surface area contributed by atoms with Crippen molar-refractivity contribution in [2.45, 2.75) is 37.6 Å². The molecule has 1 aliphatic carbocycles. The van der Waals surface area contributed by atoms with Gasteiger partial charge in [-0.15, -0.1) is 0 Å². The van der Waals surface area contributed by atoms with E-state index in [0.717, 1.165) is 12.2 Å². The molecule has 1 aromatic rings. The van der Waals surface area contributed by atoms with Crippen molar-refractivity contribution >= 4 is 11.7 Å². The van der Waals surface area contributed by atoms with Crippen molar-refractivity contribution in [3.05, 3.63) is 23.9 Å². The molecule has 1 aromatic heterocycles. The summed E-state index contributed by atoms with van der Waals surface area (Å²) in [6.45, 7) is 2.28. The molecule has 0 spiro atoms. The number of hydrogen-bond donors (Lipinski definition) is 0. The van der Waals surface area contributed by atoms with Crippen LogP contribution in [0.4, 0.5) is 5.82 Å². The van der Waals surface area contributed by atoms with E-state index < -0.39 is 0 Å². The van der Waals surface area contributed by atoms with Crippen LogP contribution in [0.2, 0.25) is 0 Å². The Morgan fingerprint density at radius 1 is 1.56 bits per heavy atom. The Hall–Kier alpha value is -1.38. The maximum absolute atomic E-state index is 12.0. The van der Waals surface area contributed by atoms with Crippen molar-refractivity contribution in [3.63, 3.8) is 0 Å². The minimum absolute atomic E-state index is 0.185. The molecule has 3 atom stereocenters. The van der Waals surface area contributed by atoms with Crippen LogP contribution in [-0.4, -0.2) is 16.9 Å². The maximum atomic E-state index is 12.0. The normalized spacial score (nSPS) is 39.1. The molecule has 3 heteroatoms. The second-order valence-electron chi connectivity index (χ2n) is 5.50. The maximum Gasteiger partial charge on any atom is 0.228 e. The minimum Gasteiger partial charge on any atom is -0.292 e. The molecule has 1 amide bonds. The van der Waals surface area contributed by atoms with Gasteiger partial charge in [0.05, 0.1) is 6.04 Å². The van der Waals surface area contributed by atoms with E-state index in [9.17, 15) is 4.79 Å². The standard InChI is InChI=1S/C13H14N2O/c1-13-7-8-4-5-10(16)15(11(8)13)12-9(13)3-2-6-14-12/h2-3,6,8,11H,4-5,7H2,1H3/t8?,11-,13-/m0/s1. The van der Waals surface area contributed by atoms with Gasteiger partial charge in [0, 0.05) is 23.6 Å². The fourth-order valence-electron chi connectivity index (χ4n) is 4.03. The second-order valence-corrected chi connectivity index (χ2v) is 5.50. The summed E-state index contributed by atoms with van der Waals surface area (Å²) < 4.78 is 0. The van der Waals surface area contributed by atoms with Gasteiger partial charge < -0.3 is 0 Å². The number of amides is 1. The molecule has 4 rings (SSSR count). The van der Waals surface area contributed by atoms with E-state index in [2.05, 4.69) is 18.0 Å². The Kier molecular flexibility index (Phi) is 1.35. The first-order valence-corrected chi connectivity index (χ1v) is 5.99. The summed E-state index contributed by atoms with van der Waals surface area (Å²) in [5, 5.41) is 0. The summed E-state index contributed by atoms with van der Waals surface area (Å²) in [4.78, 5) is 18.4.